The minimum atomic E-state index is -0.00818. The highest BCUT2D eigenvalue weighted by atomic mass is 35.5. The molecule has 1 saturated carbocycles. The van der Waals surface area contributed by atoms with Gasteiger partial charge in [0.05, 0.1) is 0 Å². The fourth-order valence-corrected chi connectivity index (χ4v) is 5.09. The van der Waals surface area contributed by atoms with Crippen LogP contribution in [0, 0.1) is 5.92 Å². The van der Waals surface area contributed by atoms with Crippen LogP contribution in [0.15, 0.2) is 36.7 Å². The van der Waals surface area contributed by atoms with Crippen molar-refractivity contribution in [1.82, 2.24) is 9.88 Å². The number of benzene rings is 1. The molecule has 1 atom stereocenters. The van der Waals surface area contributed by atoms with Gasteiger partial charge in [0.2, 0.25) is 5.91 Å². The largest absolute Gasteiger partial charge is 0.339 e. The number of rotatable bonds is 4. The van der Waals surface area contributed by atoms with E-state index < -0.39 is 0 Å². The zero-order valence-electron chi connectivity index (χ0n) is 15.7. The lowest BCUT2D eigenvalue weighted by Gasteiger charge is -2.31. The maximum atomic E-state index is 13.0. The topological polar surface area (TPSA) is 33.2 Å². The Morgan fingerprint density at radius 3 is 2.39 bits per heavy atom. The van der Waals surface area contributed by atoms with Gasteiger partial charge in [0.1, 0.15) is 0 Å². The maximum Gasteiger partial charge on any atom is 0.226 e. The monoisotopic (exact) mass is 438 g/mol. The number of likely N-dealkylation sites (tertiary alicyclic amines) is 1. The fraction of sp³-hybridized carbons (Fsp3) is 0.455. The smallest absolute Gasteiger partial charge is 0.226 e. The lowest BCUT2D eigenvalue weighted by molar-refractivity contribution is -0.133. The van der Waals surface area contributed by atoms with Gasteiger partial charge in [-0.05, 0) is 55.0 Å². The molecule has 3 nitrogen and oxygen atoms in total. The van der Waals surface area contributed by atoms with Crippen molar-refractivity contribution in [2.45, 2.75) is 51.0 Å². The van der Waals surface area contributed by atoms with Crippen LogP contribution in [-0.4, -0.2) is 28.4 Å². The SMILES string of the molecule is Cl.O=C1C(Cc2c(Cl)cc(-c3cccnc3)cc2Cl)CCN1C1CCCCC1. The number of carbonyl (C=O) groups is 1. The van der Waals surface area contributed by atoms with Crippen molar-refractivity contribution in [3.63, 3.8) is 0 Å². The fourth-order valence-electron chi connectivity index (χ4n) is 4.45. The summed E-state index contributed by atoms with van der Waals surface area (Å²) in [6, 6.07) is 8.17. The second-order valence-electron chi connectivity index (χ2n) is 7.67. The molecule has 1 amide bonds. The molecule has 0 N–H and O–H groups in total. The van der Waals surface area contributed by atoms with E-state index in [1.165, 1.54) is 19.3 Å². The van der Waals surface area contributed by atoms with E-state index in [9.17, 15) is 4.79 Å². The summed E-state index contributed by atoms with van der Waals surface area (Å²) in [4.78, 5) is 19.2. The molecule has 2 aromatic rings. The zero-order valence-corrected chi connectivity index (χ0v) is 18.1. The predicted octanol–water partition coefficient (Wildman–Crippen LogP) is 6.20. The first-order valence-electron chi connectivity index (χ1n) is 9.82. The van der Waals surface area contributed by atoms with Gasteiger partial charge in [0, 0.05) is 46.5 Å². The van der Waals surface area contributed by atoms with E-state index in [4.69, 9.17) is 23.2 Å². The molecule has 4 rings (SSSR count). The molecule has 1 aromatic carbocycles. The van der Waals surface area contributed by atoms with Gasteiger partial charge >= 0.3 is 0 Å². The molecule has 1 unspecified atom stereocenters. The zero-order chi connectivity index (χ0) is 18.8. The van der Waals surface area contributed by atoms with Crippen LogP contribution < -0.4 is 0 Å². The summed E-state index contributed by atoms with van der Waals surface area (Å²) < 4.78 is 0. The average Bonchev–Trinajstić information content (AvgIpc) is 3.06. The Kier molecular flexibility index (Phi) is 7.25. The predicted molar refractivity (Wildman–Crippen MR) is 117 cm³/mol. The highest BCUT2D eigenvalue weighted by Gasteiger charge is 2.36. The number of pyridine rings is 1. The summed E-state index contributed by atoms with van der Waals surface area (Å²) >= 11 is 13.1. The van der Waals surface area contributed by atoms with E-state index in [2.05, 4.69) is 9.88 Å². The standard InChI is InChI=1S/C22H24Cl2N2O.ClH/c23-20-12-17(16-5-4-9-25-14-16)13-21(24)19(20)11-15-8-10-26(22(15)27)18-6-2-1-3-7-18;/h4-5,9,12-15,18H,1-3,6-8,10-11H2;1H. The van der Waals surface area contributed by atoms with E-state index in [0.29, 0.717) is 22.5 Å². The van der Waals surface area contributed by atoms with Crippen LogP contribution in [0.3, 0.4) is 0 Å². The number of hydrogen-bond acceptors (Lipinski definition) is 2. The van der Waals surface area contributed by atoms with E-state index in [1.807, 2.05) is 24.3 Å². The third-order valence-corrected chi connectivity index (χ3v) is 6.63. The second kappa shape index (κ2) is 9.47. The number of amides is 1. The van der Waals surface area contributed by atoms with Crippen molar-refractivity contribution >= 4 is 41.5 Å². The molecule has 1 aliphatic carbocycles. The third-order valence-electron chi connectivity index (χ3n) is 5.95. The Hall–Kier alpha value is -1.29. The van der Waals surface area contributed by atoms with Gasteiger partial charge < -0.3 is 4.90 Å². The molecule has 2 heterocycles. The van der Waals surface area contributed by atoms with Crippen LogP contribution in [0.4, 0.5) is 0 Å². The Labute approximate surface area is 182 Å². The van der Waals surface area contributed by atoms with E-state index in [0.717, 1.165) is 42.5 Å². The van der Waals surface area contributed by atoms with Crippen molar-refractivity contribution in [3.8, 4) is 11.1 Å². The molecule has 1 saturated heterocycles. The number of nitrogens with zero attached hydrogens (tertiary/aromatic N) is 2. The Balaban J connectivity index is 0.00000225. The van der Waals surface area contributed by atoms with Gasteiger partial charge in [-0.15, -0.1) is 12.4 Å². The molecule has 1 aromatic heterocycles. The van der Waals surface area contributed by atoms with Crippen LogP contribution in [0.25, 0.3) is 11.1 Å². The van der Waals surface area contributed by atoms with Gasteiger partial charge in [0.25, 0.3) is 0 Å². The number of aromatic nitrogens is 1. The summed E-state index contributed by atoms with van der Waals surface area (Å²) in [5.41, 5.74) is 2.81. The van der Waals surface area contributed by atoms with E-state index >= 15 is 0 Å². The normalized spacial score (nSPS) is 20.3. The van der Waals surface area contributed by atoms with Gasteiger partial charge in [-0.2, -0.15) is 0 Å². The third kappa shape index (κ3) is 4.48. The van der Waals surface area contributed by atoms with E-state index in [-0.39, 0.29) is 24.2 Å². The average molecular weight is 440 g/mol. The number of halogens is 3. The first-order valence-corrected chi connectivity index (χ1v) is 10.6. The van der Waals surface area contributed by atoms with Crippen molar-refractivity contribution < 1.29 is 4.79 Å². The van der Waals surface area contributed by atoms with Gasteiger partial charge in [-0.25, -0.2) is 0 Å². The Morgan fingerprint density at radius 2 is 1.75 bits per heavy atom. The Bertz CT molecular complexity index is 799. The maximum absolute atomic E-state index is 13.0. The van der Waals surface area contributed by atoms with Crippen molar-refractivity contribution in [2.24, 2.45) is 5.92 Å². The molecule has 28 heavy (non-hydrogen) atoms. The van der Waals surface area contributed by atoms with Crippen LogP contribution in [0.1, 0.15) is 44.1 Å². The van der Waals surface area contributed by atoms with Crippen LogP contribution in [0.5, 0.6) is 0 Å². The molecular formula is C22H25Cl3N2O. The molecular weight excluding hydrogens is 415 g/mol. The molecule has 2 aliphatic rings. The first kappa shape index (κ1) is 21.4. The summed E-state index contributed by atoms with van der Waals surface area (Å²) in [5.74, 6) is 0.275. The van der Waals surface area contributed by atoms with Crippen LogP contribution in [-0.2, 0) is 11.2 Å². The minimum Gasteiger partial charge on any atom is -0.339 e. The molecule has 1 aliphatic heterocycles. The summed E-state index contributed by atoms with van der Waals surface area (Å²) in [6.45, 7) is 0.872. The van der Waals surface area contributed by atoms with Crippen LogP contribution >= 0.6 is 35.6 Å². The van der Waals surface area contributed by atoms with Crippen molar-refractivity contribution in [3.05, 3.63) is 52.3 Å². The minimum absolute atomic E-state index is 0. The lowest BCUT2D eigenvalue weighted by Crippen LogP contribution is -2.39. The van der Waals surface area contributed by atoms with Gasteiger partial charge in [-0.3, -0.25) is 9.78 Å². The Morgan fingerprint density at radius 1 is 1.04 bits per heavy atom. The van der Waals surface area contributed by atoms with Gasteiger partial charge in [0.15, 0.2) is 0 Å². The van der Waals surface area contributed by atoms with Crippen molar-refractivity contribution in [2.75, 3.05) is 6.54 Å². The summed E-state index contributed by atoms with van der Waals surface area (Å²) in [5, 5.41) is 1.26. The van der Waals surface area contributed by atoms with Crippen molar-refractivity contribution in [1.29, 1.82) is 0 Å². The molecule has 2 fully saturated rings. The molecule has 6 heteroatoms. The highest BCUT2D eigenvalue weighted by Crippen LogP contribution is 2.36. The highest BCUT2D eigenvalue weighted by molar-refractivity contribution is 6.36. The van der Waals surface area contributed by atoms with Crippen LogP contribution in [0.2, 0.25) is 10.0 Å². The number of carbonyl (C=O) groups excluding carboxylic acids is 1. The van der Waals surface area contributed by atoms with Gasteiger partial charge in [-0.1, -0.05) is 48.5 Å². The molecule has 0 spiro atoms. The quantitative estimate of drug-likeness (QED) is 0.568. The van der Waals surface area contributed by atoms with E-state index in [1.54, 1.807) is 12.4 Å². The molecule has 0 radical (unpaired) electrons. The molecule has 0 bridgehead atoms. The number of hydrogen-bond donors (Lipinski definition) is 0. The first-order chi connectivity index (χ1) is 13.1. The molecule has 150 valence electrons. The summed E-state index contributed by atoms with van der Waals surface area (Å²) in [6.07, 6.45) is 11.1. The second-order valence-corrected chi connectivity index (χ2v) is 8.49. The lowest BCUT2D eigenvalue weighted by atomic mass is 9.93. The summed E-state index contributed by atoms with van der Waals surface area (Å²) in [7, 11) is 0.